The Bertz CT molecular complexity index is 734. The predicted octanol–water partition coefficient (Wildman–Crippen LogP) is 4.57. The van der Waals surface area contributed by atoms with Crippen LogP contribution in [0.4, 0.5) is 11.4 Å². The van der Waals surface area contributed by atoms with Gasteiger partial charge in [-0.05, 0) is 36.8 Å². The molecule has 0 spiro atoms. The van der Waals surface area contributed by atoms with E-state index in [-0.39, 0.29) is 16.6 Å². The van der Waals surface area contributed by atoms with Crippen LogP contribution in [-0.2, 0) is 0 Å². The number of anilines is 1. The number of rotatable bonds is 3. The van der Waals surface area contributed by atoms with Crippen molar-refractivity contribution in [3.05, 3.63) is 67.1 Å². The zero-order valence-corrected chi connectivity index (χ0v) is 13.2. The standard InChI is InChI=1S/C14H10BrClN2O3/c1-8-2-3-9(6-11(8)15)14(19)17-10-4-5-12(16)13(7-10)18(20)21/h2-7H,1H3,(H,17,19). The Kier molecular flexibility index (Phi) is 4.59. The van der Waals surface area contributed by atoms with Crippen LogP contribution in [-0.4, -0.2) is 10.8 Å². The molecule has 0 fully saturated rings. The molecule has 1 amide bonds. The molecule has 2 aromatic carbocycles. The number of hydrogen-bond acceptors (Lipinski definition) is 3. The fourth-order valence-corrected chi connectivity index (χ4v) is 2.23. The minimum Gasteiger partial charge on any atom is -0.322 e. The third-order valence-corrected chi connectivity index (χ3v) is 4.01. The first-order valence-electron chi connectivity index (χ1n) is 5.90. The number of amides is 1. The largest absolute Gasteiger partial charge is 0.322 e. The van der Waals surface area contributed by atoms with Crippen molar-refractivity contribution in [2.24, 2.45) is 0 Å². The fourth-order valence-electron chi connectivity index (χ4n) is 1.67. The molecule has 0 bridgehead atoms. The highest BCUT2D eigenvalue weighted by Crippen LogP contribution is 2.27. The van der Waals surface area contributed by atoms with Gasteiger partial charge in [-0.3, -0.25) is 14.9 Å². The first-order valence-corrected chi connectivity index (χ1v) is 7.07. The van der Waals surface area contributed by atoms with Crippen LogP contribution in [0.15, 0.2) is 40.9 Å². The average Bonchev–Trinajstić information content (AvgIpc) is 2.43. The van der Waals surface area contributed by atoms with Gasteiger partial charge in [-0.15, -0.1) is 0 Å². The van der Waals surface area contributed by atoms with E-state index in [2.05, 4.69) is 21.2 Å². The first kappa shape index (κ1) is 15.5. The molecular formula is C14H10BrClN2O3. The van der Waals surface area contributed by atoms with Gasteiger partial charge in [0.15, 0.2) is 0 Å². The summed E-state index contributed by atoms with van der Waals surface area (Å²) < 4.78 is 0.817. The summed E-state index contributed by atoms with van der Waals surface area (Å²) in [4.78, 5) is 22.3. The second-order valence-corrected chi connectivity index (χ2v) is 5.60. The molecule has 0 aliphatic heterocycles. The molecule has 7 heteroatoms. The molecule has 21 heavy (non-hydrogen) atoms. The Labute approximate surface area is 134 Å². The number of carbonyl (C=O) groups is 1. The number of halogens is 2. The SMILES string of the molecule is Cc1ccc(C(=O)Nc2ccc(Cl)c([N+](=O)[O-])c2)cc1Br. The van der Waals surface area contributed by atoms with Crippen LogP contribution in [0.25, 0.3) is 0 Å². The molecule has 2 rings (SSSR count). The lowest BCUT2D eigenvalue weighted by atomic mass is 10.1. The highest BCUT2D eigenvalue weighted by molar-refractivity contribution is 9.10. The highest BCUT2D eigenvalue weighted by atomic mass is 79.9. The molecule has 0 aromatic heterocycles. The Morgan fingerprint density at radius 1 is 1.29 bits per heavy atom. The van der Waals surface area contributed by atoms with Gasteiger partial charge in [-0.25, -0.2) is 0 Å². The second kappa shape index (κ2) is 6.24. The summed E-state index contributed by atoms with van der Waals surface area (Å²) in [5, 5.41) is 13.4. The van der Waals surface area contributed by atoms with Crippen LogP contribution in [0, 0.1) is 17.0 Å². The average molecular weight is 370 g/mol. The van der Waals surface area contributed by atoms with Gasteiger partial charge in [-0.1, -0.05) is 33.6 Å². The third-order valence-electron chi connectivity index (χ3n) is 2.83. The molecule has 0 saturated carbocycles. The number of nitrogens with zero attached hydrogens (tertiary/aromatic N) is 1. The number of nitro benzene ring substituents is 1. The second-order valence-electron chi connectivity index (χ2n) is 4.34. The van der Waals surface area contributed by atoms with E-state index in [0.29, 0.717) is 11.3 Å². The van der Waals surface area contributed by atoms with Crippen molar-refractivity contribution in [2.45, 2.75) is 6.92 Å². The Morgan fingerprint density at radius 2 is 2.00 bits per heavy atom. The summed E-state index contributed by atoms with van der Waals surface area (Å²) >= 11 is 9.08. The molecule has 1 N–H and O–H groups in total. The molecule has 0 atom stereocenters. The van der Waals surface area contributed by atoms with E-state index in [1.165, 1.54) is 18.2 Å². The summed E-state index contributed by atoms with van der Waals surface area (Å²) in [5.41, 5.74) is 1.52. The van der Waals surface area contributed by atoms with Crippen molar-refractivity contribution in [1.82, 2.24) is 0 Å². The van der Waals surface area contributed by atoms with Crippen molar-refractivity contribution < 1.29 is 9.72 Å². The first-order chi connectivity index (χ1) is 9.88. The number of nitro groups is 1. The van der Waals surface area contributed by atoms with E-state index in [4.69, 9.17) is 11.6 Å². The van der Waals surface area contributed by atoms with Gasteiger partial charge in [0.25, 0.3) is 11.6 Å². The number of nitrogens with one attached hydrogen (secondary N) is 1. The molecule has 108 valence electrons. The van der Waals surface area contributed by atoms with E-state index in [9.17, 15) is 14.9 Å². The monoisotopic (exact) mass is 368 g/mol. The minimum absolute atomic E-state index is 0.0241. The molecular weight excluding hydrogens is 360 g/mol. The molecule has 0 heterocycles. The van der Waals surface area contributed by atoms with Gasteiger partial charge >= 0.3 is 0 Å². The van der Waals surface area contributed by atoms with Crippen LogP contribution in [0.2, 0.25) is 5.02 Å². The van der Waals surface area contributed by atoms with Gasteiger partial charge < -0.3 is 5.32 Å². The Hall–Kier alpha value is -1.92. The molecule has 0 unspecified atom stereocenters. The predicted molar refractivity (Wildman–Crippen MR) is 84.9 cm³/mol. The molecule has 0 aliphatic rings. The van der Waals surface area contributed by atoms with Gasteiger partial charge in [0.1, 0.15) is 5.02 Å². The molecule has 0 radical (unpaired) electrons. The smallest absolute Gasteiger partial charge is 0.289 e. The third kappa shape index (κ3) is 3.59. The molecule has 5 nitrogen and oxygen atoms in total. The van der Waals surface area contributed by atoms with Crippen LogP contribution in [0.3, 0.4) is 0 Å². The van der Waals surface area contributed by atoms with Crippen LogP contribution >= 0.6 is 27.5 Å². The van der Waals surface area contributed by atoms with Crippen molar-refractivity contribution in [3.8, 4) is 0 Å². The maximum atomic E-state index is 12.1. The molecule has 0 saturated heterocycles. The van der Waals surface area contributed by atoms with Gasteiger partial charge in [0.05, 0.1) is 4.92 Å². The fraction of sp³-hybridized carbons (Fsp3) is 0.0714. The number of aryl methyl sites for hydroxylation is 1. The van der Waals surface area contributed by atoms with Gasteiger partial charge in [0.2, 0.25) is 0 Å². The summed E-state index contributed by atoms with van der Waals surface area (Å²) in [7, 11) is 0. The summed E-state index contributed by atoms with van der Waals surface area (Å²) in [6.07, 6.45) is 0. The zero-order chi connectivity index (χ0) is 15.6. The lowest BCUT2D eigenvalue weighted by molar-refractivity contribution is -0.384. The van der Waals surface area contributed by atoms with Crippen LogP contribution in [0.5, 0.6) is 0 Å². The zero-order valence-electron chi connectivity index (χ0n) is 10.9. The van der Waals surface area contributed by atoms with Gasteiger partial charge in [-0.2, -0.15) is 0 Å². The number of hydrogen-bond donors (Lipinski definition) is 1. The molecule has 2 aromatic rings. The summed E-state index contributed by atoms with van der Waals surface area (Å²) in [5.74, 6) is -0.354. The van der Waals surface area contributed by atoms with E-state index < -0.39 is 4.92 Å². The topological polar surface area (TPSA) is 72.2 Å². The Morgan fingerprint density at radius 3 is 2.62 bits per heavy atom. The maximum Gasteiger partial charge on any atom is 0.289 e. The van der Waals surface area contributed by atoms with Crippen molar-refractivity contribution in [3.63, 3.8) is 0 Å². The quantitative estimate of drug-likeness (QED) is 0.636. The maximum absolute atomic E-state index is 12.1. The minimum atomic E-state index is -0.597. The number of benzene rings is 2. The van der Waals surface area contributed by atoms with Crippen molar-refractivity contribution in [1.29, 1.82) is 0 Å². The lowest BCUT2D eigenvalue weighted by Crippen LogP contribution is -2.12. The Balaban J connectivity index is 2.25. The normalized spacial score (nSPS) is 10.2. The van der Waals surface area contributed by atoms with E-state index in [1.807, 2.05) is 13.0 Å². The van der Waals surface area contributed by atoms with Crippen LogP contribution < -0.4 is 5.32 Å². The van der Waals surface area contributed by atoms with Gasteiger partial charge in [0, 0.05) is 21.8 Å². The van der Waals surface area contributed by atoms with Crippen LogP contribution in [0.1, 0.15) is 15.9 Å². The van der Waals surface area contributed by atoms with E-state index >= 15 is 0 Å². The summed E-state index contributed by atoms with van der Waals surface area (Å²) in [6.45, 7) is 1.91. The highest BCUT2D eigenvalue weighted by Gasteiger charge is 2.14. The van der Waals surface area contributed by atoms with Crippen molar-refractivity contribution >= 4 is 44.8 Å². The lowest BCUT2D eigenvalue weighted by Gasteiger charge is -2.07. The summed E-state index contributed by atoms with van der Waals surface area (Å²) in [6, 6.07) is 9.29. The molecule has 0 aliphatic carbocycles. The van der Waals surface area contributed by atoms with E-state index in [1.54, 1.807) is 12.1 Å². The number of carbonyl (C=O) groups excluding carboxylic acids is 1. The van der Waals surface area contributed by atoms with E-state index in [0.717, 1.165) is 10.0 Å². The van der Waals surface area contributed by atoms with Crippen molar-refractivity contribution in [2.75, 3.05) is 5.32 Å².